The third-order valence-electron chi connectivity index (χ3n) is 3.54. The van der Waals surface area contributed by atoms with Gasteiger partial charge in [-0.1, -0.05) is 43.6 Å². The van der Waals surface area contributed by atoms with Crippen molar-refractivity contribution in [1.29, 1.82) is 0 Å². The van der Waals surface area contributed by atoms with Gasteiger partial charge in [-0.15, -0.1) is 0 Å². The Morgan fingerprint density at radius 3 is 2.10 bits per heavy atom. The molecular formula is C17H29BrN2. The quantitative estimate of drug-likeness (QED) is 0.680. The second-order valence-corrected chi connectivity index (χ2v) is 7.40. The lowest BCUT2D eigenvalue weighted by Gasteiger charge is -2.25. The number of nitrogen functional groups attached to an aromatic ring is 1. The second-order valence-electron chi connectivity index (χ2n) is 6.48. The van der Waals surface area contributed by atoms with Crippen molar-refractivity contribution in [2.75, 3.05) is 18.8 Å². The van der Waals surface area contributed by atoms with Crippen LogP contribution in [0.4, 0.5) is 5.69 Å². The monoisotopic (exact) mass is 340 g/mol. The molecule has 2 N–H and O–H groups in total. The fourth-order valence-corrected chi connectivity index (χ4v) is 2.51. The summed E-state index contributed by atoms with van der Waals surface area (Å²) in [4.78, 5) is 2.54. The van der Waals surface area contributed by atoms with Crippen molar-refractivity contribution in [3.63, 3.8) is 0 Å². The van der Waals surface area contributed by atoms with Crippen LogP contribution in [0.25, 0.3) is 0 Å². The van der Waals surface area contributed by atoms with Gasteiger partial charge in [-0.25, -0.2) is 0 Å². The highest BCUT2D eigenvalue weighted by Crippen LogP contribution is 2.21. The predicted molar refractivity (Wildman–Crippen MR) is 92.7 cm³/mol. The molecule has 0 saturated carbocycles. The van der Waals surface area contributed by atoms with Crippen LogP contribution in [-0.2, 0) is 6.54 Å². The molecule has 0 aromatic heterocycles. The minimum atomic E-state index is 0.747. The Morgan fingerprint density at radius 1 is 1.05 bits per heavy atom. The summed E-state index contributed by atoms with van der Waals surface area (Å²) in [7, 11) is 0. The number of nitrogens with two attached hydrogens (primary N) is 1. The molecule has 0 bridgehead atoms. The SMILES string of the molecule is CC(C)CCN(CCC(C)C)Cc1cc(Br)ccc1N. The van der Waals surface area contributed by atoms with Crippen LogP contribution in [-0.4, -0.2) is 18.0 Å². The molecule has 0 aliphatic rings. The standard InChI is InChI=1S/C17H29BrN2/c1-13(2)7-9-20(10-8-14(3)4)12-15-11-16(18)5-6-17(15)19/h5-6,11,13-14H,7-10,12,19H2,1-4H3. The third kappa shape index (κ3) is 6.76. The summed E-state index contributed by atoms with van der Waals surface area (Å²) >= 11 is 3.54. The minimum absolute atomic E-state index is 0.747. The smallest absolute Gasteiger partial charge is 0.0360 e. The van der Waals surface area contributed by atoms with Crippen molar-refractivity contribution < 1.29 is 0 Å². The van der Waals surface area contributed by atoms with Crippen LogP contribution in [0.5, 0.6) is 0 Å². The summed E-state index contributed by atoms with van der Waals surface area (Å²) in [5.74, 6) is 1.49. The second kappa shape index (κ2) is 8.68. The van der Waals surface area contributed by atoms with Gasteiger partial charge in [0.15, 0.2) is 0 Å². The molecule has 0 atom stereocenters. The molecule has 0 aliphatic heterocycles. The van der Waals surface area contributed by atoms with Gasteiger partial charge < -0.3 is 5.73 Å². The van der Waals surface area contributed by atoms with E-state index in [0.29, 0.717) is 0 Å². The Kier molecular flexibility index (Phi) is 7.60. The largest absolute Gasteiger partial charge is 0.398 e. The average molecular weight is 341 g/mol. The molecule has 0 fully saturated rings. The zero-order valence-corrected chi connectivity index (χ0v) is 14.9. The highest BCUT2D eigenvalue weighted by atomic mass is 79.9. The van der Waals surface area contributed by atoms with Gasteiger partial charge in [0.1, 0.15) is 0 Å². The van der Waals surface area contributed by atoms with Crippen molar-refractivity contribution >= 4 is 21.6 Å². The lowest BCUT2D eigenvalue weighted by Crippen LogP contribution is -2.27. The highest BCUT2D eigenvalue weighted by molar-refractivity contribution is 9.10. The lowest BCUT2D eigenvalue weighted by molar-refractivity contribution is 0.236. The summed E-state index contributed by atoms with van der Waals surface area (Å²) in [5.41, 5.74) is 8.23. The number of rotatable bonds is 8. The molecule has 0 saturated heterocycles. The number of nitrogens with zero attached hydrogens (tertiary/aromatic N) is 1. The maximum Gasteiger partial charge on any atom is 0.0360 e. The van der Waals surface area contributed by atoms with Crippen molar-refractivity contribution in [2.24, 2.45) is 11.8 Å². The van der Waals surface area contributed by atoms with Crippen molar-refractivity contribution in [3.8, 4) is 0 Å². The molecule has 2 nitrogen and oxygen atoms in total. The molecule has 20 heavy (non-hydrogen) atoms. The first-order valence-corrected chi connectivity index (χ1v) is 8.44. The van der Waals surface area contributed by atoms with E-state index in [-0.39, 0.29) is 0 Å². The first kappa shape index (κ1) is 17.5. The predicted octanol–water partition coefficient (Wildman–Crippen LogP) is 4.93. The maximum atomic E-state index is 6.10. The van der Waals surface area contributed by atoms with Gasteiger partial charge in [0.2, 0.25) is 0 Å². The third-order valence-corrected chi connectivity index (χ3v) is 4.04. The van der Waals surface area contributed by atoms with Crippen LogP contribution < -0.4 is 5.73 Å². The Balaban J connectivity index is 2.68. The Bertz CT molecular complexity index is 390. The van der Waals surface area contributed by atoms with E-state index in [0.717, 1.165) is 41.6 Å². The molecule has 1 aromatic rings. The Hall–Kier alpha value is -0.540. The lowest BCUT2D eigenvalue weighted by atomic mass is 10.1. The topological polar surface area (TPSA) is 29.3 Å². The zero-order chi connectivity index (χ0) is 15.1. The molecule has 0 unspecified atom stereocenters. The van der Waals surface area contributed by atoms with Crippen LogP contribution >= 0.6 is 15.9 Å². The highest BCUT2D eigenvalue weighted by Gasteiger charge is 2.10. The molecule has 3 heteroatoms. The van der Waals surface area contributed by atoms with E-state index in [1.54, 1.807) is 0 Å². The van der Waals surface area contributed by atoms with E-state index in [1.807, 2.05) is 12.1 Å². The van der Waals surface area contributed by atoms with Gasteiger partial charge >= 0.3 is 0 Å². The van der Waals surface area contributed by atoms with E-state index < -0.39 is 0 Å². The van der Waals surface area contributed by atoms with Gasteiger partial charge in [0, 0.05) is 16.7 Å². The molecule has 0 spiro atoms. The molecule has 0 heterocycles. The molecule has 1 aromatic carbocycles. The van der Waals surface area contributed by atoms with Crippen molar-refractivity contribution in [1.82, 2.24) is 4.90 Å². The summed E-state index contributed by atoms with van der Waals surface area (Å²) in [6.07, 6.45) is 2.48. The first-order chi connectivity index (χ1) is 9.38. The van der Waals surface area contributed by atoms with Gasteiger partial charge in [-0.2, -0.15) is 0 Å². The molecule has 1 rings (SSSR count). The zero-order valence-electron chi connectivity index (χ0n) is 13.3. The Labute approximate surface area is 132 Å². The van der Waals surface area contributed by atoms with E-state index in [4.69, 9.17) is 5.73 Å². The number of benzene rings is 1. The average Bonchev–Trinajstić information content (AvgIpc) is 2.36. The van der Waals surface area contributed by atoms with Crippen LogP contribution in [0.2, 0.25) is 0 Å². The first-order valence-electron chi connectivity index (χ1n) is 7.64. The minimum Gasteiger partial charge on any atom is -0.398 e. The number of hydrogen-bond acceptors (Lipinski definition) is 2. The molecule has 0 amide bonds. The fraction of sp³-hybridized carbons (Fsp3) is 0.647. The summed E-state index contributed by atoms with van der Waals surface area (Å²) in [6.45, 7) is 12.4. The summed E-state index contributed by atoms with van der Waals surface area (Å²) in [6, 6.07) is 6.14. The number of halogens is 1. The van der Waals surface area contributed by atoms with Gasteiger partial charge in [-0.3, -0.25) is 4.90 Å². The van der Waals surface area contributed by atoms with E-state index in [2.05, 4.69) is 54.6 Å². The molecular weight excluding hydrogens is 312 g/mol. The normalized spacial score (nSPS) is 11.8. The number of hydrogen-bond donors (Lipinski definition) is 1. The van der Waals surface area contributed by atoms with E-state index >= 15 is 0 Å². The van der Waals surface area contributed by atoms with E-state index in [9.17, 15) is 0 Å². The summed E-state index contributed by atoms with van der Waals surface area (Å²) < 4.78 is 1.11. The van der Waals surface area contributed by atoms with Gasteiger partial charge in [-0.05, 0) is 61.5 Å². The molecule has 0 radical (unpaired) electrons. The van der Waals surface area contributed by atoms with Crippen LogP contribution in [0, 0.1) is 11.8 Å². The van der Waals surface area contributed by atoms with Crippen LogP contribution in [0.1, 0.15) is 46.1 Å². The van der Waals surface area contributed by atoms with Crippen molar-refractivity contribution in [2.45, 2.75) is 47.1 Å². The van der Waals surface area contributed by atoms with Gasteiger partial charge in [0.05, 0.1) is 0 Å². The Morgan fingerprint density at radius 2 is 1.60 bits per heavy atom. The number of anilines is 1. The fourth-order valence-electron chi connectivity index (χ4n) is 2.10. The van der Waals surface area contributed by atoms with E-state index in [1.165, 1.54) is 18.4 Å². The van der Waals surface area contributed by atoms with Crippen molar-refractivity contribution in [3.05, 3.63) is 28.2 Å². The molecule has 0 aliphatic carbocycles. The van der Waals surface area contributed by atoms with Crippen LogP contribution in [0.3, 0.4) is 0 Å². The van der Waals surface area contributed by atoms with Gasteiger partial charge in [0.25, 0.3) is 0 Å². The molecule has 114 valence electrons. The maximum absolute atomic E-state index is 6.10. The van der Waals surface area contributed by atoms with Crippen LogP contribution in [0.15, 0.2) is 22.7 Å². The summed E-state index contributed by atoms with van der Waals surface area (Å²) in [5, 5.41) is 0.